The molecule has 1 heterocycles. The summed E-state index contributed by atoms with van der Waals surface area (Å²) >= 11 is 1.10. The lowest BCUT2D eigenvalue weighted by Crippen LogP contribution is -2.24. The van der Waals surface area contributed by atoms with Crippen LogP contribution in [0, 0.1) is 0 Å². The van der Waals surface area contributed by atoms with Gasteiger partial charge in [-0.25, -0.2) is 9.89 Å². The fourth-order valence-electron chi connectivity index (χ4n) is 2.67. The molecule has 0 aliphatic carbocycles. The molecule has 3 aromatic rings. The summed E-state index contributed by atoms with van der Waals surface area (Å²) in [5, 5.41) is 8.75. The maximum Gasteiger partial charge on any atom is 0.573 e. The molecule has 1 amide bonds. The van der Waals surface area contributed by atoms with Gasteiger partial charge in [0.15, 0.2) is 5.16 Å². The van der Waals surface area contributed by atoms with Gasteiger partial charge in [-0.1, -0.05) is 42.1 Å². The highest BCUT2D eigenvalue weighted by molar-refractivity contribution is 8.00. The van der Waals surface area contributed by atoms with Crippen molar-refractivity contribution in [3.63, 3.8) is 0 Å². The average Bonchev–Trinajstić information content (AvgIpc) is 3.06. The van der Waals surface area contributed by atoms with Crippen molar-refractivity contribution in [3.05, 3.63) is 70.6 Å². The summed E-state index contributed by atoms with van der Waals surface area (Å²) in [4.78, 5) is 24.5. The number of benzene rings is 2. The number of nitrogens with zero attached hydrogens (tertiary/aromatic N) is 2. The van der Waals surface area contributed by atoms with Crippen LogP contribution >= 0.6 is 11.8 Å². The number of alkyl halides is 3. The van der Waals surface area contributed by atoms with Crippen LogP contribution in [0.4, 0.5) is 18.9 Å². The third-order valence-electron chi connectivity index (χ3n) is 4.20. The van der Waals surface area contributed by atoms with Crippen molar-refractivity contribution in [2.75, 3.05) is 5.32 Å². The highest BCUT2D eigenvalue weighted by Crippen LogP contribution is 2.25. The number of H-pyrrole nitrogens is 1. The normalized spacial score (nSPS) is 12.4. The molecule has 1 unspecified atom stereocenters. The largest absolute Gasteiger partial charge is 0.573 e. The summed E-state index contributed by atoms with van der Waals surface area (Å²) in [6.07, 6.45) is -4.16. The van der Waals surface area contributed by atoms with Gasteiger partial charge in [-0.05, 0) is 43.2 Å². The highest BCUT2D eigenvalue weighted by Gasteiger charge is 2.31. The Morgan fingerprint density at radius 3 is 2.52 bits per heavy atom. The summed E-state index contributed by atoms with van der Waals surface area (Å²) < 4.78 is 41.9. The van der Waals surface area contributed by atoms with Crippen molar-refractivity contribution in [1.82, 2.24) is 14.8 Å². The minimum absolute atomic E-state index is 0.315. The van der Waals surface area contributed by atoms with Crippen molar-refractivity contribution >= 4 is 23.4 Å². The van der Waals surface area contributed by atoms with Crippen LogP contribution in [0.15, 0.2) is 64.5 Å². The summed E-state index contributed by atoms with van der Waals surface area (Å²) in [6, 6.07) is 14.5. The number of aryl methyl sites for hydroxylation is 1. The Labute approximate surface area is 179 Å². The van der Waals surface area contributed by atoms with E-state index >= 15 is 0 Å². The Balaban J connectivity index is 1.59. The molecule has 0 saturated heterocycles. The van der Waals surface area contributed by atoms with E-state index in [2.05, 4.69) is 20.3 Å². The first kappa shape index (κ1) is 22.5. The number of hydrogen-bond donors (Lipinski definition) is 2. The van der Waals surface area contributed by atoms with Gasteiger partial charge in [0.25, 0.3) is 0 Å². The molecule has 2 aromatic carbocycles. The Hall–Kier alpha value is -3.21. The summed E-state index contributed by atoms with van der Waals surface area (Å²) in [7, 11) is 0. The number of nitrogens with one attached hydrogen (secondary N) is 2. The SMILES string of the molecule is CC(Sc1n[nH]c(=O)n1CCc1ccccc1)C(=O)Nc1ccc(OC(F)(F)F)cc1. The van der Waals surface area contributed by atoms with Crippen LogP contribution in [0.1, 0.15) is 12.5 Å². The van der Waals surface area contributed by atoms with E-state index in [1.54, 1.807) is 6.92 Å². The van der Waals surface area contributed by atoms with Gasteiger partial charge >= 0.3 is 12.1 Å². The van der Waals surface area contributed by atoms with Crippen LogP contribution in [0.2, 0.25) is 0 Å². The predicted molar refractivity (Wildman–Crippen MR) is 110 cm³/mol. The zero-order valence-electron chi connectivity index (χ0n) is 16.3. The van der Waals surface area contributed by atoms with E-state index in [1.165, 1.54) is 16.7 Å². The number of rotatable bonds is 8. The van der Waals surface area contributed by atoms with Crippen molar-refractivity contribution in [1.29, 1.82) is 0 Å². The molecule has 11 heteroatoms. The standard InChI is InChI=1S/C20H19F3N4O3S/c1-13(17(28)24-15-7-9-16(10-8-15)30-20(21,22)23)31-19-26-25-18(29)27(19)12-11-14-5-3-2-4-6-14/h2-10,13H,11-12H2,1H3,(H,24,28)(H,25,29). The molecule has 0 fully saturated rings. The molecule has 0 spiro atoms. The van der Waals surface area contributed by atoms with Crippen molar-refractivity contribution < 1.29 is 22.7 Å². The number of carbonyl (C=O) groups is 1. The van der Waals surface area contributed by atoms with E-state index in [0.29, 0.717) is 23.8 Å². The fraction of sp³-hybridized carbons (Fsp3) is 0.250. The summed E-state index contributed by atoms with van der Waals surface area (Å²) in [5.74, 6) is -0.772. The molecule has 1 atom stereocenters. The first-order valence-electron chi connectivity index (χ1n) is 9.24. The van der Waals surface area contributed by atoms with Crippen molar-refractivity contribution in [3.8, 4) is 5.75 Å². The van der Waals surface area contributed by atoms with Gasteiger partial charge < -0.3 is 10.1 Å². The highest BCUT2D eigenvalue weighted by atomic mass is 32.2. The molecule has 3 rings (SSSR count). The smallest absolute Gasteiger partial charge is 0.406 e. The molecule has 1 aromatic heterocycles. The van der Waals surface area contributed by atoms with E-state index in [-0.39, 0.29) is 17.3 Å². The van der Waals surface area contributed by atoms with Crippen LogP contribution in [-0.2, 0) is 17.8 Å². The Kier molecular flexibility index (Phi) is 7.06. The van der Waals surface area contributed by atoms with E-state index in [4.69, 9.17) is 0 Å². The Morgan fingerprint density at radius 2 is 1.87 bits per heavy atom. The summed E-state index contributed by atoms with van der Waals surface area (Å²) in [5.41, 5.74) is 1.01. The molecule has 2 N–H and O–H groups in total. The number of hydrogen-bond acceptors (Lipinski definition) is 5. The molecule has 0 bridgehead atoms. The molecular formula is C20H19F3N4O3S. The Morgan fingerprint density at radius 1 is 1.19 bits per heavy atom. The lowest BCUT2D eigenvalue weighted by Gasteiger charge is -2.13. The second-order valence-corrected chi connectivity index (χ2v) is 7.83. The topological polar surface area (TPSA) is 89.0 Å². The number of amides is 1. The van der Waals surface area contributed by atoms with Crippen LogP contribution in [0.5, 0.6) is 5.75 Å². The van der Waals surface area contributed by atoms with Gasteiger partial charge in [0.05, 0.1) is 5.25 Å². The number of thioether (sulfide) groups is 1. The van der Waals surface area contributed by atoms with E-state index in [0.717, 1.165) is 29.5 Å². The van der Waals surface area contributed by atoms with Gasteiger partial charge in [0, 0.05) is 12.2 Å². The number of aromatic nitrogens is 3. The second kappa shape index (κ2) is 9.73. The van der Waals surface area contributed by atoms with Gasteiger partial charge in [-0.15, -0.1) is 18.3 Å². The predicted octanol–water partition coefficient (Wildman–Crippen LogP) is 3.83. The molecule has 7 nitrogen and oxygen atoms in total. The number of aromatic amines is 1. The molecule has 164 valence electrons. The zero-order valence-corrected chi connectivity index (χ0v) is 17.2. The van der Waals surface area contributed by atoms with Gasteiger partial charge in [-0.3, -0.25) is 9.36 Å². The maximum atomic E-state index is 12.5. The third kappa shape index (κ3) is 6.64. The average molecular weight is 452 g/mol. The van der Waals surface area contributed by atoms with Crippen molar-refractivity contribution in [2.24, 2.45) is 0 Å². The number of halogens is 3. The van der Waals surface area contributed by atoms with Crippen LogP contribution in [0.3, 0.4) is 0 Å². The van der Waals surface area contributed by atoms with E-state index < -0.39 is 11.6 Å². The third-order valence-corrected chi connectivity index (χ3v) is 5.29. The van der Waals surface area contributed by atoms with Crippen LogP contribution in [0.25, 0.3) is 0 Å². The first-order chi connectivity index (χ1) is 14.7. The van der Waals surface area contributed by atoms with Crippen LogP contribution in [-0.4, -0.2) is 32.3 Å². The lowest BCUT2D eigenvalue weighted by atomic mass is 10.1. The fourth-order valence-corrected chi connectivity index (χ4v) is 3.55. The van der Waals surface area contributed by atoms with Gasteiger partial charge in [0.1, 0.15) is 5.75 Å². The first-order valence-corrected chi connectivity index (χ1v) is 10.1. The van der Waals surface area contributed by atoms with Gasteiger partial charge in [0.2, 0.25) is 5.91 Å². The lowest BCUT2D eigenvalue weighted by molar-refractivity contribution is -0.274. The minimum atomic E-state index is -4.78. The summed E-state index contributed by atoms with van der Waals surface area (Å²) in [6.45, 7) is 2.04. The van der Waals surface area contributed by atoms with E-state index in [9.17, 15) is 22.8 Å². The molecule has 0 saturated carbocycles. The zero-order chi connectivity index (χ0) is 22.4. The number of carbonyl (C=O) groups excluding carboxylic acids is 1. The molecular weight excluding hydrogens is 433 g/mol. The van der Waals surface area contributed by atoms with Crippen molar-refractivity contribution in [2.45, 2.75) is 36.7 Å². The number of ether oxygens (including phenoxy) is 1. The van der Waals surface area contributed by atoms with Crippen LogP contribution < -0.4 is 15.7 Å². The molecule has 0 aliphatic rings. The molecule has 0 radical (unpaired) electrons. The molecule has 0 aliphatic heterocycles. The Bertz CT molecular complexity index is 1070. The number of anilines is 1. The molecule has 31 heavy (non-hydrogen) atoms. The van der Waals surface area contributed by atoms with E-state index in [1.807, 2.05) is 30.3 Å². The maximum absolute atomic E-state index is 12.5. The van der Waals surface area contributed by atoms with Gasteiger partial charge in [-0.2, -0.15) is 0 Å². The monoisotopic (exact) mass is 452 g/mol. The second-order valence-electron chi connectivity index (χ2n) is 6.52. The minimum Gasteiger partial charge on any atom is -0.406 e. The quantitative estimate of drug-likeness (QED) is 0.507.